The number of thioether (sulfide) groups is 1. The fourth-order valence-electron chi connectivity index (χ4n) is 1.75. The molecule has 0 aliphatic carbocycles. The molecule has 2 aromatic heterocycles. The third kappa shape index (κ3) is 3.11. The number of nitrogens with zero attached hydrogens (tertiary/aromatic N) is 3. The van der Waals surface area contributed by atoms with Crippen molar-refractivity contribution in [2.45, 2.75) is 0 Å². The molecule has 0 bridgehead atoms. The number of amides is 1. The first-order valence-corrected chi connectivity index (χ1v) is 8.15. The van der Waals surface area contributed by atoms with E-state index in [2.05, 4.69) is 25.9 Å². The molecule has 3 rings (SSSR count). The van der Waals surface area contributed by atoms with Crippen molar-refractivity contribution in [3.05, 3.63) is 51.0 Å². The van der Waals surface area contributed by atoms with E-state index in [0.717, 1.165) is 0 Å². The van der Waals surface area contributed by atoms with E-state index >= 15 is 0 Å². The fourth-order valence-corrected chi connectivity index (χ4v) is 3.19. The lowest BCUT2D eigenvalue weighted by Crippen LogP contribution is -2.23. The average molecular weight is 399 g/mol. The number of likely N-dealkylation sites (N-methyl/N-ethyl adjacent to an activating group) is 1. The molecule has 1 amide bonds. The highest BCUT2D eigenvalue weighted by atomic mass is 79.9. The molecular weight excluding hydrogens is 390 g/mol. The number of halogens is 2. The lowest BCUT2D eigenvalue weighted by molar-refractivity contribution is -0.121. The van der Waals surface area contributed by atoms with Crippen LogP contribution >= 0.6 is 39.3 Å². The monoisotopic (exact) mass is 397 g/mol. The largest absolute Gasteiger partial charge is 0.450 e. The van der Waals surface area contributed by atoms with E-state index in [9.17, 15) is 4.79 Å². The highest BCUT2D eigenvalue weighted by Crippen LogP contribution is 2.34. The van der Waals surface area contributed by atoms with Gasteiger partial charge in [-0.15, -0.1) is 0 Å². The van der Waals surface area contributed by atoms with Crippen molar-refractivity contribution in [3.8, 4) is 0 Å². The van der Waals surface area contributed by atoms with Crippen molar-refractivity contribution in [1.82, 2.24) is 9.88 Å². The zero-order valence-electron chi connectivity index (χ0n) is 11.3. The number of carbonyl (C=O) groups is 1. The van der Waals surface area contributed by atoms with Crippen LogP contribution in [0.3, 0.4) is 0 Å². The quantitative estimate of drug-likeness (QED) is 0.558. The maximum atomic E-state index is 12.3. The van der Waals surface area contributed by atoms with Crippen LogP contribution in [0, 0.1) is 0 Å². The van der Waals surface area contributed by atoms with Gasteiger partial charge in [0.2, 0.25) is 0 Å². The molecule has 112 valence electrons. The number of hydrogen-bond acceptors (Lipinski definition) is 5. The topological polar surface area (TPSA) is 58.7 Å². The molecule has 0 N–H and O–H groups in total. The lowest BCUT2D eigenvalue weighted by Gasteiger charge is -2.07. The van der Waals surface area contributed by atoms with Crippen molar-refractivity contribution in [3.63, 3.8) is 0 Å². The number of hydrogen-bond donors (Lipinski definition) is 0. The fraction of sp³-hybridized carbons (Fsp3) is 0.0714. The maximum absolute atomic E-state index is 12.3. The van der Waals surface area contributed by atoms with Crippen LogP contribution in [0.5, 0.6) is 0 Å². The Morgan fingerprint density at radius 3 is 2.95 bits per heavy atom. The van der Waals surface area contributed by atoms with Crippen LogP contribution in [0.4, 0.5) is 5.69 Å². The Morgan fingerprint density at radius 2 is 2.27 bits per heavy atom. The molecule has 1 aliphatic heterocycles. The summed E-state index contributed by atoms with van der Waals surface area (Å²) in [7, 11) is 1.66. The molecule has 5 nitrogen and oxygen atoms in total. The minimum absolute atomic E-state index is 0.142. The number of rotatable bonds is 2. The summed E-state index contributed by atoms with van der Waals surface area (Å²) in [6, 6.07) is 7.03. The normalized spacial score (nSPS) is 18.7. The third-order valence-corrected chi connectivity index (χ3v) is 4.60. The average Bonchev–Trinajstić information content (AvgIpc) is 3.01. The molecule has 0 saturated carbocycles. The van der Waals surface area contributed by atoms with E-state index in [0.29, 0.717) is 31.3 Å². The van der Waals surface area contributed by atoms with Gasteiger partial charge in [-0.1, -0.05) is 11.6 Å². The van der Waals surface area contributed by atoms with Crippen LogP contribution < -0.4 is 0 Å². The van der Waals surface area contributed by atoms with Crippen LogP contribution in [0.25, 0.3) is 6.08 Å². The van der Waals surface area contributed by atoms with Gasteiger partial charge in [0, 0.05) is 19.3 Å². The molecule has 0 aromatic carbocycles. The van der Waals surface area contributed by atoms with Gasteiger partial charge in [0.05, 0.1) is 4.91 Å². The summed E-state index contributed by atoms with van der Waals surface area (Å²) in [6.45, 7) is 0. The smallest absolute Gasteiger partial charge is 0.266 e. The van der Waals surface area contributed by atoms with Crippen molar-refractivity contribution >= 4 is 62.1 Å². The first-order chi connectivity index (χ1) is 10.5. The summed E-state index contributed by atoms with van der Waals surface area (Å²) in [5.74, 6) is 0.452. The van der Waals surface area contributed by atoms with Gasteiger partial charge in [-0.2, -0.15) is 0 Å². The minimum atomic E-state index is -0.142. The molecule has 2 aromatic rings. The van der Waals surface area contributed by atoms with Gasteiger partial charge in [-0.25, -0.2) is 9.98 Å². The molecule has 0 radical (unpaired) electrons. The SMILES string of the molecule is CN1C(=O)/C(=C\c2ccc(Br)o2)SC1=Nc1cccnc1Cl. The molecule has 1 fully saturated rings. The van der Waals surface area contributed by atoms with Crippen LogP contribution in [0.2, 0.25) is 5.15 Å². The van der Waals surface area contributed by atoms with Gasteiger partial charge < -0.3 is 4.42 Å². The Labute approximate surface area is 144 Å². The Morgan fingerprint density at radius 1 is 1.45 bits per heavy atom. The van der Waals surface area contributed by atoms with E-state index in [1.54, 1.807) is 43.6 Å². The molecule has 0 atom stereocenters. The Balaban J connectivity index is 1.92. The maximum Gasteiger partial charge on any atom is 0.266 e. The highest BCUT2D eigenvalue weighted by molar-refractivity contribution is 9.10. The standard InChI is InChI=1S/C14H9BrClN3O2S/c1-19-13(20)10(7-8-4-5-11(15)21-8)22-14(19)18-9-3-2-6-17-12(9)16/h2-7H,1H3/b10-7+,18-14?. The van der Waals surface area contributed by atoms with E-state index in [-0.39, 0.29) is 5.91 Å². The zero-order chi connectivity index (χ0) is 15.7. The van der Waals surface area contributed by atoms with Gasteiger partial charge in [0.1, 0.15) is 11.4 Å². The molecule has 1 aliphatic rings. The predicted molar refractivity (Wildman–Crippen MR) is 91.1 cm³/mol. The second kappa shape index (κ2) is 6.28. The minimum Gasteiger partial charge on any atom is -0.450 e. The second-order valence-corrected chi connectivity index (χ2v) is 6.47. The molecular formula is C14H9BrClN3O2S. The van der Waals surface area contributed by atoms with Gasteiger partial charge in [-0.3, -0.25) is 9.69 Å². The highest BCUT2D eigenvalue weighted by Gasteiger charge is 2.30. The lowest BCUT2D eigenvalue weighted by atomic mass is 10.4. The van der Waals surface area contributed by atoms with Crippen LogP contribution in [-0.2, 0) is 4.79 Å². The molecule has 22 heavy (non-hydrogen) atoms. The van der Waals surface area contributed by atoms with E-state index in [1.165, 1.54) is 16.7 Å². The first kappa shape index (κ1) is 15.3. The second-order valence-electron chi connectivity index (χ2n) is 4.32. The number of furan rings is 1. The summed E-state index contributed by atoms with van der Waals surface area (Å²) in [4.78, 5) is 22.6. The molecule has 1 saturated heterocycles. The summed E-state index contributed by atoms with van der Waals surface area (Å²) in [5.41, 5.74) is 0.522. The number of aliphatic imine (C=N–C) groups is 1. The zero-order valence-corrected chi connectivity index (χ0v) is 14.4. The van der Waals surface area contributed by atoms with E-state index in [1.807, 2.05) is 0 Å². The van der Waals surface area contributed by atoms with E-state index < -0.39 is 0 Å². The van der Waals surface area contributed by atoms with Crippen LogP contribution in [0.15, 0.2) is 49.4 Å². The number of pyridine rings is 1. The Hall–Kier alpha value is -1.57. The number of carbonyl (C=O) groups excluding carboxylic acids is 1. The molecule has 8 heteroatoms. The summed E-state index contributed by atoms with van der Waals surface area (Å²) in [5, 5.41) is 0.834. The number of amidine groups is 1. The van der Waals surface area contributed by atoms with Gasteiger partial charge in [0.15, 0.2) is 15.0 Å². The number of aromatic nitrogens is 1. The molecule has 0 unspecified atom stereocenters. The van der Waals surface area contributed by atoms with Crippen LogP contribution in [-0.4, -0.2) is 28.0 Å². The summed E-state index contributed by atoms with van der Waals surface area (Å²) >= 11 is 10.5. The summed E-state index contributed by atoms with van der Waals surface area (Å²) < 4.78 is 6.00. The van der Waals surface area contributed by atoms with Gasteiger partial charge >= 0.3 is 0 Å². The van der Waals surface area contributed by atoms with Crippen molar-refractivity contribution in [2.24, 2.45) is 4.99 Å². The van der Waals surface area contributed by atoms with Crippen molar-refractivity contribution in [2.75, 3.05) is 7.05 Å². The Kier molecular flexibility index (Phi) is 4.37. The van der Waals surface area contributed by atoms with Gasteiger partial charge in [-0.05, 0) is 52.0 Å². The van der Waals surface area contributed by atoms with Gasteiger partial charge in [0.25, 0.3) is 5.91 Å². The van der Waals surface area contributed by atoms with Crippen molar-refractivity contribution < 1.29 is 9.21 Å². The first-order valence-electron chi connectivity index (χ1n) is 6.17. The Bertz CT molecular complexity index is 803. The third-order valence-electron chi connectivity index (χ3n) is 2.83. The van der Waals surface area contributed by atoms with Crippen molar-refractivity contribution in [1.29, 1.82) is 0 Å². The van der Waals surface area contributed by atoms with E-state index in [4.69, 9.17) is 16.0 Å². The predicted octanol–water partition coefficient (Wildman–Crippen LogP) is 4.32. The summed E-state index contributed by atoms with van der Waals surface area (Å²) in [6.07, 6.45) is 3.27. The molecule has 0 spiro atoms. The van der Waals surface area contributed by atoms with Crippen LogP contribution in [0.1, 0.15) is 5.76 Å². The molecule has 3 heterocycles.